The van der Waals surface area contributed by atoms with Gasteiger partial charge in [0, 0.05) is 28.1 Å². The first-order valence-electron chi connectivity index (χ1n) is 4.94. The SMILES string of the molecule is O=c1cc[nH]c(OCC2=CC=C(CO)SS2)c1. The van der Waals surface area contributed by atoms with Crippen LogP contribution in [0.2, 0.25) is 0 Å². The molecule has 0 atom stereocenters. The fourth-order valence-corrected chi connectivity index (χ4v) is 3.06. The highest BCUT2D eigenvalue weighted by Crippen LogP contribution is 2.39. The fraction of sp³-hybridized carbons (Fsp3) is 0.182. The molecule has 0 unspecified atom stereocenters. The first-order chi connectivity index (χ1) is 8.28. The Morgan fingerprint density at radius 1 is 1.29 bits per heavy atom. The van der Waals surface area contributed by atoms with Gasteiger partial charge < -0.3 is 14.8 Å². The quantitative estimate of drug-likeness (QED) is 0.818. The molecule has 0 amide bonds. The Balaban J connectivity index is 1.93. The normalized spacial score (nSPS) is 15.1. The van der Waals surface area contributed by atoms with Crippen molar-refractivity contribution in [2.24, 2.45) is 0 Å². The van der Waals surface area contributed by atoms with Crippen molar-refractivity contribution in [3.8, 4) is 5.88 Å². The molecule has 2 heterocycles. The Hall–Kier alpha value is -1.11. The van der Waals surface area contributed by atoms with Crippen molar-refractivity contribution in [1.29, 1.82) is 0 Å². The summed E-state index contributed by atoms with van der Waals surface area (Å²) in [5, 5.41) is 8.91. The Bertz CT molecular complexity index is 507. The van der Waals surface area contributed by atoms with Gasteiger partial charge in [0.2, 0.25) is 0 Å². The molecule has 0 fully saturated rings. The van der Waals surface area contributed by atoms with E-state index in [0.29, 0.717) is 12.5 Å². The number of aromatic nitrogens is 1. The molecule has 0 saturated carbocycles. The number of hydrogen-bond donors (Lipinski definition) is 2. The highest BCUT2D eigenvalue weighted by molar-refractivity contribution is 8.79. The minimum atomic E-state index is -0.0825. The summed E-state index contributed by atoms with van der Waals surface area (Å²) in [5.74, 6) is 0.459. The molecule has 1 aromatic heterocycles. The first-order valence-corrected chi connectivity index (χ1v) is 7.09. The predicted molar refractivity (Wildman–Crippen MR) is 71.0 cm³/mol. The molecule has 0 aliphatic carbocycles. The van der Waals surface area contributed by atoms with Crippen molar-refractivity contribution in [3.05, 3.63) is 50.5 Å². The number of H-pyrrole nitrogens is 1. The van der Waals surface area contributed by atoms with E-state index < -0.39 is 0 Å². The first kappa shape index (κ1) is 12.3. The number of allylic oxidation sites excluding steroid dienone is 2. The molecule has 0 aromatic carbocycles. The topological polar surface area (TPSA) is 62.3 Å². The summed E-state index contributed by atoms with van der Waals surface area (Å²) in [6.07, 6.45) is 5.33. The molecule has 0 bridgehead atoms. The molecule has 0 spiro atoms. The number of pyridine rings is 1. The smallest absolute Gasteiger partial charge is 0.194 e. The number of ether oxygens (including phenoxy) is 1. The number of hydrogen-bond acceptors (Lipinski definition) is 5. The van der Waals surface area contributed by atoms with E-state index in [1.54, 1.807) is 17.0 Å². The van der Waals surface area contributed by atoms with Crippen LogP contribution in [-0.4, -0.2) is 23.3 Å². The Morgan fingerprint density at radius 3 is 2.71 bits per heavy atom. The van der Waals surface area contributed by atoms with Crippen LogP contribution in [0.1, 0.15) is 0 Å². The lowest BCUT2D eigenvalue weighted by Crippen LogP contribution is -2.05. The number of aliphatic hydroxyl groups excluding tert-OH is 1. The van der Waals surface area contributed by atoms with Crippen molar-refractivity contribution < 1.29 is 9.84 Å². The number of aliphatic hydroxyl groups is 1. The van der Waals surface area contributed by atoms with Crippen molar-refractivity contribution in [1.82, 2.24) is 4.98 Å². The van der Waals surface area contributed by atoms with E-state index in [2.05, 4.69) is 4.98 Å². The van der Waals surface area contributed by atoms with E-state index >= 15 is 0 Å². The summed E-state index contributed by atoms with van der Waals surface area (Å²) in [7, 11) is 3.07. The standard InChI is InChI=1S/C11H11NO3S2/c13-6-9-1-2-10(17-16-9)7-15-11-5-8(14)3-4-12-11/h1-5,13H,6-7H2,(H,12,14). The molecule has 1 aromatic rings. The second-order valence-corrected chi connectivity index (χ2v) is 5.65. The molecule has 17 heavy (non-hydrogen) atoms. The van der Waals surface area contributed by atoms with Gasteiger partial charge in [0.05, 0.1) is 6.61 Å². The summed E-state index contributed by atoms with van der Waals surface area (Å²) < 4.78 is 5.45. The number of rotatable bonds is 4. The second-order valence-electron chi connectivity index (χ2n) is 3.27. The maximum Gasteiger partial charge on any atom is 0.194 e. The maximum absolute atomic E-state index is 11.1. The lowest BCUT2D eigenvalue weighted by Gasteiger charge is -2.12. The van der Waals surface area contributed by atoms with Gasteiger partial charge in [0.25, 0.3) is 0 Å². The molecule has 1 aliphatic rings. The van der Waals surface area contributed by atoms with E-state index in [0.717, 1.165) is 9.81 Å². The molecular formula is C11H11NO3S2. The Kier molecular flexibility index (Phi) is 4.36. The van der Waals surface area contributed by atoms with E-state index in [9.17, 15) is 4.79 Å². The lowest BCUT2D eigenvalue weighted by atomic mass is 10.4. The van der Waals surface area contributed by atoms with Gasteiger partial charge in [-0.25, -0.2) is 0 Å². The van der Waals surface area contributed by atoms with Crippen LogP contribution in [0.25, 0.3) is 0 Å². The molecule has 2 N–H and O–H groups in total. The van der Waals surface area contributed by atoms with Gasteiger partial charge in [-0.05, 0) is 12.2 Å². The maximum atomic E-state index is 11.1. The third-order valence-corrected chi connectivity index (χ3v) is 4.55. The molecule has 0 radical (unpaired) electrons. The molecule has 2 rings (SSSR count). The Morgan fingerprint density at radius 2 is 2.06 bits per heavy atom. The van der Waals surface area contributed by atoms with Gasteiger partial charge in [-0.15, -0.1) is 0 Å². The van der Waals surface area contributed by atoms with E-state index in [1.807, 2.05) is 12.2 Å². The van der Waals surface area contributed by atoms with E-state index in [-0.39, 0.29) is 12.0 Å². The van der Waals surface area contributed by atoms with Crippen LogP contribution < -0.4 is 10.2 Å². The van der Waals surface area contributed by atoms with Crippen molar-refractivity contribution in [3.63, 3.8) is 0 Å². The minimum absolute atomic E-state index is 0.0638. The Labute approximate surface area is 106 Å². The van der Waals surface area contributed by atoms with Gasteiger partial charge in [0.1, 0.15) is 6.61 Å². The van der Waals surface area contributed by atoms with E-state index in [4.69, 9.17) is 9.84 Å². The van der Waals surface area contributed by atoms with Crippen molar-refractivity contribution in [2.75, 3.05) is 13.2 Å². The second kappa shape index (κ2) is 6.00. The molecule has 6 heteroatoms. The van der Waals surface area contributed by atoms with E-state index in [1.165, 1.54) is 22.9 Å². The third-order valence-electron chi connectivity index (χ3n) is 1.98. The zero-order chi connectivity index (χ0) is 12.1. The zero-order valence-corrected chi connectivity index (χ0v) is 10.5. The summed E-state index contributed by atoms with van der Waals surface area (Å²) >= 11 is 0. The highest BCUT2D eigenvalue weighted by Gasteiger charge is 2.08. The third kappa shape index (κ3) is 3.69. The highest BCUT2D eigenvalue weighted by atomic mass is 33.1. The summed E-state index contributed by atoms with van der Waals surface area (Å²) in [6, 6.07) is 2.85. The van der Waals surface area contributed by atoms with Gasteiger partial charge in [-0.3, -0.25) is 4.79 Å². The molecular weight excluding hydrogens is 258 g/mol. The number of nitrogens with one attached hydrogen (secondary N) is 1. The number of aromatic amines is 1. The summed E-state index contributed by atoms with van der Waals surface area (Å²) in [6.45, 7) is 0.473. The average molecular weight is 269 g/mol. The summed E-state index contributed by atoms with van der Waals surface area (Å²) in [5.41, 5.74) is -0.0825. The molecule has 1 aliphatic heterocycles. The largest absolute Gasteiger partial charge is 0.473 e. The molecule has 90 valence electrons. The van der Waals surface area contributed by atoms with Crippen LogP contribution in [0, 0.1) is 0 Å². The van der Waals surface area contributed by atoms with Crippen LogP contribution >= 0.6 is 21.6 Å². The molecule has 0 saturated heterocycles. The monoisotopic (exact) mass is 269 g/mol. The minimum Gasteiger partial charge on any atom is -0.473 e. The van der Waals surface area contributed by atoms with Crippen LogP contribution in [0.5, 0.6) is 5.88 Å². The van der Waals surface area contributed by atoms with Crippen LogP contribution in [-0.2, 0) is 0 Å². The van der Waals surface area contributed by atoms with Crippen LogP contribution in [0.3, 0.4) is 0 Å². The van der Waals surface area contributed by atoms with Gasteiger partial charge in [-0.2, -0.15) is 0 Å². The zero-order valence-electron chi connectivity index (χ0n) is 8.88. The average Bonchev–Trinajstić information content (AvgIpc) is 2.37. The van der Waals surface area contributed by atoms with Gasteiger partial charge >= 0.3 is 0 Å². The van der Waals surface area contributed by atoms with Crippen LogP contribution in [0.4, 0.5) is 0 Å². The van der Waals surface area contributed by atoms with Crippen molar-refractivity contribution >= 4 is 21.6 Å². The van der Waals surface area contributed by atoms with Crippen molar-refractivity contribution in [2.45, 2.75) is 0 Å². The summed E-state index contributed by atoms with van der Waals surface area (Å²) in [4.78, 5) is 15.9. The molecule has 4 nitrogen and oxygen atoms in total. The lowest BCUT2D eigenvalue weighted by molar-refractivity contribution is 0.339. The van der Waals surface area contributed by atoms with Crippen LogP contribution in [0.15, 0.2) is 45.1 Å². The van der Waals surface area contributed by atoms with Gasteiger partial charge in [0.15, 0.2) is 11.3 Å². The van der Waals surface area contributed by atoms with Gasteiger partial charge in [-0.1, -0.05) is 21.6 Å². The predicted octanol–water partition coefficient (Wildman–Crippen LogP) is 1.91. The fourth-order valence-electron chi connectivity index (χ4n) is 1.16.